The van der Waals surface area contributed by atoms with E-state index in [4.69, 9.17) is 21.3 Å². The molecule has 5 rings (SSSR count). The predicted molar refractivity (Wildman–Crippen MR) is 136 cm³/mol. The van der Waals surface area contributed by atoms with Crippen LogP contribution in [0.15, 0.2) is 59.5 Å². The molecule has 8 nitrogen and oxygen atoms in total. The minimum Gasteiger partial charge on any atom is -0.494 e. The van der Waals surface area contributed by atoms with E-state index in [2.05, 4.69) is 27.9 Å². The first-order valence-electron chi connectivity index (χ1n) is 11.3. The minimum atomic E-state index is -0.462. The normalized spacial score (nSPS) is 13.8. The second kappa shape index (κ2) is 9.38. The molecule has 1 amide bonds. The first-order valence-corrected chi connectivity index (χ1v) is 11.7. The van der Waals surface area contributed by atoms with Gasteiger partial charge in [0.25, 0.3) is 11.5 Å². The van der Waals surface area contributed by atoms with Crippen LogP contribution in [-0.2, 0) is 0 Å². The smallest absolute Gasteiger partial charge is 0.264 e. The average Bonchev–Trinajstić information content (AvgIpc) is 2.88. The summed E-state index contributed by atoms with van der Waals surface area (Å²) in [5.41, 5.74) is 2.22. The predicted octanol–water partition coefficient (Wildman–Crippen LogP) is 3.92. The Kier molecular flexibility index (Phi) is 6.13. The van der Waals surface area contributed by atoms with Gasteiger partial charge in [-0.2, -0.15) is 0 Å². The summed E-state index contributed by atoms with van der Waals surface area (Å²) in [6.45, 7) is 4.21. The highest BCUT2D eigenvalue weighted by Gasteiger charge is 2.25. The minimum absolute atomic E-state index is 0.0283. The largest absolute Gasteiger partial charge is 0.494 e. The number of methoxy groups -OCH3 is 1. The van der Waals surface area contributed by atoms with Gasteiger partial charge in [0.2, 0.25) is 0 Å². The van der Waals surface area contributed by atoms with Gasteiger partial charge in [-0.25, -0.2) is 9.97 Å². The number of fused-ring (bicyclic) bond motifs is 1. The number of pyridine rings is 1. The van der Waals surface area contributed by atoms with E-state index in [1.807, 2.05) is 18.2 Å². The summed E-state index contributed by atoms with van der Waals surface area (Å²) in [6, 6.07) is 14.9. The zero-order chi connectivity index (χ0) is 24.5. The molecule has 9 heteroatoms. The van der Waals surface area contributed by atoms with Crippen molar-refractivity contribution >= 4 is 34.2 Å². The van der Waals surface area contributed by atoms with E-state index >= 15 is 0 Å². The molecule has 1 saturated heterocycles. The molecule has 1 fully saturated rings. The maximum Gasteiger partial charge on any atom is 0.264 e. The molecule has 0 aliphatic carbocycles. The Hall–Kier alpha value is -3.91. The van der Waals surface area contributed by atoms with Gasteiger partial charge in [0.1, 0.15) is 28.5 Å². The number of aryl methyl sites for hydroxylation is 1. The Morgan fingerprint density at radius 1 is 1.09 bits per heavy atom. The van der Waals surface area contributed by atoms with Crippen molar-refractivity contribution in [3.05, 3.63) is 81.2 Å². The molecule has 0 saturated carbocycles. The Labute approximate surface area is 207 Å². The SMILES string of the molecule is COc1cccc2c(C)cc(N3CCN(C(=O)c4cnc(-c5ccc(Cl)cc5)[nH]c4=O)CC3)nc12. The Balaban J connectivity index is 1.31. The second-order valence-electron chi connectivity index (χ2n) is 8.41. The van der Waals surface area contributed by atoms with Crippen LogP contribution >= 0.6 is 11.6 Å². The van der Waals surface area contributed by atoms with Gasteiger partial charge in [0.05, 0.1) is 7.11 Å². The molecular weight excluding hydrogens is 466 g/mol. The maximum absolute atomic E-state index is 13.1. The van der Waals surface area contributed by atoms with Crippen LogP contribution in [0.4, 0.5) is 5.82 Å². The molecule has 0 atom stereocenters. The number of ether oxygens (including phenoxy) is 1. The lowest BCUT2D eigenvalue weighted by Crippen LogP contribution is -2.50. The van der Waals surface area contributed by atoms with E-state index in [1.54, 1.807) is 36.3 Å². The lowest BCUT2D eigenvalue weighted by molar-refractivity contribution is 0.0744. The number of piperazine rings is 1. The summed E-state index contributed by atoms with van der Waals surface area (Å²) in [7, 11) is 1.64. The number of carbonyl (C=O) groups is 1. The number of amides is 1. The molecule has 0 bridgehead atoms. The number of H-pyrrole nitrogens is 1. The Bertz CT molecular complexity index is 1460. The maximum atomic E-state index is 13.1. The number of carbonyl (C=O) groups excluding carboxylic acids is 1. The van der Waals surface area contributed by atoms with Gasteiger partial charge in [0.15, 0.2) is 0 Å². The molecule has 3 heterocycles. The molecule has 178 valence electrons. The zero-order valence-electron chi connectivity index (χ0n) is 19.4. The fourth-order valence-corrected chi connectivity index (χ4v) is 4.44. The highest BCUT2D eigenvalue weighted by atomic mass is 35.5. The van der Waals surface area contributed by atoms with Gasteiger partial charge in [-0.1, -0.05) is 23.7 Å². The molecule has 0 unspecified atom stereocenters. The number of benzene rings is 2. The zero-order valence-corrected chi connectivity index (χ0v) is 20.2. The van der Waals surface area contributed by atoms with Gasteiger partial charge in [0, 0.05) is 48.3 Å². The highest BCUT2D eigenvalue weighted by molar-refractivity contribution is 6.30. The first-order chi connectivity index (χ1) is 16.9. The fourth-order valence-electron chi connectivity index (χ4n) is 4.31. The second-order valence-corrected chi connectivity index (χ2v) is 8.85. The number of anilines is 1. The number of halogens is 1. The third-order valence-electron chi connectivity index (χ3n) is 6.25. The first kappa shape index (κ1) is 22.9. The molecule has 4 aromatic rings. The van der Waals surface area contributed by atoms with Crippen LogP contribution in [0.25, 0.3) is 22.3 Å². The monoisotopic (exact) mass is 489 g/mol. The Morgan fingerprint density at radius 2 is 1.83 bits per heavy atom. The van der Waals surface area contributed by atoms with Crippen LogP contribution in [0.2, 0.25) is 5.02 Å². The topological polar surface area (TPSA) is 91.4 Å². The van der Waals surface area contributed by atoms with Crippen molar-refractivity contribution in [1.29, 1.82) is 0 Å². The fraction of sp³-hybridized carbons (Fsp3) is 0.231. The highest BCUT2D eigenvalue weighted by Crippen LogP contribution is 2.29. The molecule has 2 aromatic carbocycles. The molecule has 1 aliphatic heterocycles. The number of hydrogen-bond donors (Lipinski definition) is 1. The van der Waals surface area contributed by atoms with Crippen molar-refractivity contribution in [3.8, 4) is 17.1 Å². The van der Waals surface area contributed by atoms with E-state index in [0.717, 1.165) is 28.0 Å². The summed E-state index contributed by atoms with van der Waals surface area (Å²) in [5.74, 6) is 1.64. The van der Waals surface area contributed by atoms with E-state index in [9.17, 15) is 9.59 Å². The summed E-state index contributed by atoms with van der Waals surface area (Å²) in [4.78, 5) is 41.4. The van der Waals surface area contributed by atoms with Crippen LogP contribution < -0.4 is 15.2 Å². The lowest BCUT2D eigenvalue weighted by Gasteiger charge is -2.35. The summed E-state index contributed by atoms with van der Waals surface area (Å²) in [5, 5.41) is 1.64. The number of aromatic nitrogens is 3. The quantitative estimate of drug-likeness (QED) is 0.467. The molecule has 35 heavy (non-hydrogen) atoms. The molecule has 1 N–H and O–H groups in total. The number of nitrogens with one attached hydrogen (secondary N) is 1. The van der Waals surface area contributed by atoms with Crippen molar-refractivity contribution < 1.29 is 9.53 Å². The molecular formula is C26H24ClN5O3. The van der Waals surface area contributed by atoms with E-state index < -0.39 is 5.56 Å². The van der Waals surface area contributed by atoms with Crippen LogP contribution in [0.5, 0.6) is 5.75 Å². The molecule has 0 spiro atoms. The third kappa shape index (κ3) is 4.44. The number of hydrogen-bond acceptors (Lipinski definition) is 6. The summed E-state index contributed by atoms with van der Waals surface area (Å²) in [6.07, 6.45) is 1.35. The van der Waals surface area contributed by atoms with Crippen LogP contribution in [-0.4, -0.2) is 59.0 Å². The number of aromatic amines is 1. The van der Waals surface area contributed by atoms with Crippen molar-refractivity contribution in [1.82, 2.24) is 19.9 Å². The molecule has 1 aliphatic rings. The van der Waals surface area contributed by atoms with Crippen molar-refractivity contribution in [2.75, 3.05) is 38.2 Å². The van der Waals surface area contributed by atoms with Gasteiger partial charge in [-0.05, 0) is 48.9 Å². The van der Waals surface area contributed by atoms with Crippen molar-refractivity contribution in [3.63, 3.8) is 0 Å². The summed E-state index contributed by atoms with van der Waals surface area (Å²) >= 11 is 5.92. The van der Waals surface area contributed by atoms with Gasteiger partial charge in [-0.15, -0.1) is 0 Å². The molecule has 0 radical (unpaired) electrons. The van der Waals surface area contributed by atoms with Crippen LogP contribution in [0, 0.1) is 6.92 Å². The van der Waals surface area contributed by atoms with Crippen molar-refractivity contribution in [2.45, 2.75) is 6.92 Å². The third-order valence-corrected chi connectivity index (χ3v) is 6.51. The van der Waals surface area contributed by atoms with Crippen molar-refractivity contribution in [2.24, 2.45) is 0 Å². The van der Waals surface area contributed by atoms with Gasteiger partial charge < -0.3 is 19.5 Å². The number of para-hydroxylation sites is 1. The molecule has 2 aromatic heterocycles. The van der Waals surface area contributed by atoms with Gasteiger partial charge >= 0.3 is 0 Å². The summed E-state index contributed by atoms with van der Waals surface area (Å²) < 4.78 is 5.50. The number of nitrogens with zero attached hydrogens (tertiary/aromatic N) is 4. The van der Waals surface area contributed by atoms with E-state index in [-0.39, 0.29) is 11.5 Å². The standard InChI is InChI=1S/C26H24ClN5O3/c1-16-14-22(29-23-19(16)4-3-5-21(23)35-2)31-10-12-32(13-11-31)26(34)20-15-28-24(30-25(20)33)17-6-8-18(27)9-7-17/h3-9,14-15H,10-13H2,1-2H3,(H,28,30,33). The van der Waals surface area contributed by atoms with E-state index in [0.29, 0.717) is 42.6 Å². The van der Waals surface area contributed by atoms with Crippen LogP contribution in [0.1, 0.15) is 15.9 Å². The Morgan fingerprint density at radius 3 is 2.51 bits per heavy atom. The van der Waals surface area contributed by atoms with E-state index in [1.165, 1.54) is 6.20 Å². The van der Waals surface area contributed by atoms with Gasteiger partial charge in [-0.3, -0.25) is 9.59 Å². The lowest BCUT2D eigenvalue weighted by atomic mass is 10.1. The average molecular weight is 490 g/mol. The van der Waals surface area contributed by atoms with Crippen LogP contribution in [0.3, 0.4) is 0 Å². The number of rotatable bonds is 4.